The molecule has 0 bridgehead atoms. The molecule has 1 aromatic rings. The van der Waals surface area contributed by atoms with E-state index in [0.29, 0.717) is 11.2 Å². The molecular weight excluding hydrogens is 260 g/mol. The Bertz CT molecular complexity index is 573. The minimum absolute atomic E-state index is 0.228. The number of carbonyl (C=O) groups excluding carboxylic acids is 1. The van der Waals surface area contributed by atoms with Crippen LogP contribution >= 0.6 is 0 Å². The number of fused-ring (bicyclic) bond motifs is 3. The van der Waals surface area contributed by atoms with Crippen molar-refractivity contribution in [1.82, 2.24) is 0 Å². The van der Waals surface area contributed by atoms with Crippen molar-refractivity contribution in [3.63, 3.8) is 0 Å². The number of hydrogen-bond donors (Lipinski definition) is 0. The van der Waals surface area contributed by atoms with Crippen molar-refractivity contribution in [2.75, 3.05) is 0 Å². The molecule has 3 rings (SSSR count). The number of rotatable bonds is 1. The highest BCUT2D eigenvalue weighted by atomic mass is 16.5. The van der Waals surface area contributed by atoms with Gasteiger partial charge in [0.15, 0.2) is 0 Å². The lowest BCUT2D eigenvalue weighted by atomic mass is 9.50. The first-order valence-electron chi connectivity index (χ1n) is 8.15. The topological polar surface area (TPSA) is 26.3 Å². The van der Waals surface area contributed by atoms with E-state index in [9.17, 15) is 4.79 Å². The van der Waals surface area contributed by atoms with E-state index in [1.54, 1.807) is 0 Å². The predicted octanol–water partition coefficient (Wildman–Crippen LogP) is 4.64. The summed E-state index contributed by atoms with van der Waals surface area (Å²) in [6.07, 6.45) is 6.30. The Hall–Kier alpha value is -1.31. The summed E-state index contributed by atoms with van der Waals surface area (Å²) in [5.41, 5.74) is 3.50. The number of benzene rings is 1. The molecular formula is C19H26O2. The summed E-state index contributed by atoms with van der Waals surface area (Å²) < 4.78 is 5.32. The minimum Gasteiger partial charge on any atom is -0.427 e. The molecule has 2 aliphatic carbocycles. The monoisotopic (exact) mass is 286 g/mol. The molecule has 0 aliphatic heterocycles. The second-order valence-corrected chi connectivity index (χ2v) is 7.76. The van der Waals surface area contributed by atoms with Crippen LogP contribution in [0, 0.1) is 11.3 Å². The summed E-state index contributed by atoms with van der Waals surface area (Å²) in [6.45, 7) is 8.74. The van der Waals surface area contributed by atoms with Gasteiger partial charge < -0.3 is 4.74 Å². The van der Waals surface area contributed by atoms with Gasteiger partial charge in [-0.25, -0.2) is 0 Å². The highest BCUT2D eigenvalue weighted by Gasteiger charge is 2.49. The lowest BCUT2D eigenvalue weighted by Crippen LogP contribution is -2.47. The molecule has 0 amide bonds. The Morgan fingerprint density at radius 3 is 2.71 bits per heavy atom. The van der Waals surface area contributed by atoms with Crippen molar-refractivity contribution in [3.8, 4) is 5.75 Å². The Morgan fingerprint density at radius 2 is 2.00 bits per heavy atom. The van der Waals surface area contributed by atoms with Crippen LogP contribution < -0.4 is 4.74 Å². The Balaban J connectivity index is 2.05. The number of carbonyl (C=O) groups is 1. The first-order chi connectivity index (χ1) is 9.83. The van der Waals surface area contributed by atoms with Crippen LogP contribution in [0.5, 0.6) is 5.75 Å². The van der Waals surface area contributed by atoms with Crippen LogP contribution in [0.4, 0.5) is 0 Å². The summed E-state index contributed by atoms with van der Waals surface area (Å²) >= 11 is 0. The van der Waals surface area contributed by atoms with Crippen LogP contribution in [0.1, 0.15) is 64.5 Å². The van der Waals surface area contributed by atoms with Gasteiger partial charge in [-0.05, 0) is 65.7 Å². The standard InChI is InChI=1S/C19H26O2/c1-13(20)21-15-8-6-14-7-9-17-18(2,3)10-5-11-19(17,4)16(14)12-15/h6,8,12,17H,5,7,9-11H2,1-4H3/t17-,19+/m0/s1. The maximum atomic E-state index is 11.2. The third-order valence-corrected chi connectivity index (χ3v) is 5.89. The smallest absolute Gasteiger partial charge is 0.308 e. The molecule has 2 atom stereocenters. The zero-order valence-electron chi connectivity index (χ0n) is 13.7. The molecule has 2 nitrogen and oxygen atoms in total. The fourth-order valence-electron chi connectivity index (χ4n) is 4.99. The van der Waals surface area contributed by atoms with Crippen molar-refractivity contribution in [2.45, 2.75) is 65.2 Å². The van der Waals surface area contributed by atoms with Gasteiger partial charge >= 0.3 is 5.97 Å². The van der Waals surface area contributed by atoms with E-state index >= 15 is 0 Å². The van der Waals surface area contributed by atoms with E-state index in [0.717, 1.165) is 12.3 Å². The lowest BCUT2D eigenvalue weighted by molar-refractivity contribution is -0.131. The van der Waals surface area contributed by atoms with Gasteiger partial charge in [-0.1, -0.05) is 33.3 Å². The van der Waals surface area contributed by atoms with Crippen molar-refractivity contribution in [1.29, 1.82) is 0 Å². The molecule has 0 radical (unpaired) electrons. The van der Waals surface area contributed by atoms with Crippen LogP contribution in [-0.2, 0) is 16.6 Å². The lowest BCUT2D eigenvalue weighted by Gasteiger charge is -2.54. The first-order valence-corrected chi connectivity index (χ1v) is 8.15. The van der Waals surface area contributed by atoms with Gasteiger partial charge in [0.05, 0.1) is 0 Å². The van der Waals surface area contributed by atoms with Crippen LogP contribution in [0.15, 0.2) is 18.2 Å². The second-order valence-electron chi connectivity index (χ2n) is 7.76. The summed E-state index contributed by atoms with van der Waals surface area (Å²) in [5, 5.41) is 0. The molecule has 0 aromatic heterocycles. The van der Waals surface area contributed by atoms with Gasteiger partial charge in [-0.3, -0.25) is 4.79 Å². The average Bonchev–Trinajstić information content (AvgIpc) is 2.37. The SMILES string of the molecule is CC(=O)Oc1ccc2c(c1)[C@@]1(C)CCCC(C)(C)[C@@H]1CC2. The number of hydrogen-bond acceptors (Lipinski definition) is 2. The largest absolute Gasteiger partial charge is 0.427 e. The van der Waals surface area contributed by atoms with E-state index < -0.39 is 0 Å². The quantitative estimate of drug-likeness (QED) is 0.555. The van der Waals surface area contributed by atoms with Crippen LogP contribution in [0.3, 0.4) is 0 Å². The fourth-order valence-corrected chi connectivity index (χ4v) is 4.99. The maximum absolute atomic E-state index is 11.2. The van der Waals surface area contributed by atoms with E-state index in [-0.39, 0.29) is 11.4 Å². The molecule has 2 heteroatoms. The Labute approximate surface area is 127 Å². The third kappa shape index (κ3) is 2.39. The average molecular weight is 286 g/mol. The first kappa shape index (κ1) is 14.6. The van der Waals surface area contributed by atoms with Crippen molar-refractivity contribution >= 4 is 5.97 Å². The Morgan fingerprint density at radius 1 is 1.24 bits per heavy atom. The van der Waals surface area contributed by atoms with E-state index in [4.69, 9.17) is 4.74 Å². The summed E-state index contributed by atoms with van der Waals surface area (Å²) in [7, 11) is 0. The molecule has 1 aromatic carbocycles. The zero-order chi connectivity index (χ0) is 15.3. The van der Waals surface area contributed by atoms with Crippen molar-refractivity contribution in [2.24, 2.45) is 11.3 Å². The van der Waals surface area contributed by atoms with Gasteiger partial charge in [0.2, 0.25) is 0 Å². The summed E-state index contributed by atoms with van der Waals surface area (Å²) in [4.78, 5) is 11.2. The van der Waals surface area contributed by atoms with Gasteiger partial charge in [-0.2, -0.15) is 0 Å². The van der Waals surface area contributed by atoms with E-state index in [1.165, 1.54) is 43.7 Å². The predicted molar refractivity (Wildman–Crippen MR) is 84.5 cm³/mol. The zero-order valence-corrected chi connectivity index (χ0v) is 13.7. The number of esters is 1. The molecule has 0 heterocycles. The summed E-state index contributed by atoms with van der Waals surface area (Å²) in [5.74, 6) is 1.18. The molecule has 1 saturated carbocycles. The van der Waals surface area contributed by atoms with E-state index in [2.05, 4.69) is 32.9 Å². The normalized spacial score (nSPS) is 30.2. The number of aryl methyl sites for hydroxylation is 1. The second kappa shape index (κ2) is 4.86. The van der Waals surface area contributed by atoms with E-state index in [1.807, 2.05) is 6.07 Å². The maximum Gasteiger partial charge on any atom is 0.308 e. The number of ether oxygens (including phenoxy) is 1. The third-order valence-electron chi connectivity index (χ3n) is 5.89. The highest BCUT2D eigenvalue weighted by molar-refractivity contribution is 5.69. The van der Waals surface area contributed by atoms with Gasteiger partial charge in [0.25, 0.3) is 0 Å². The summed E-state index contributed by atoms with van der Waals surface area (Å²) in [6, 6.07) is 6.23. The molecule has 0 spiro atoms. The van der Waals surface area contributed by atoms with Gasteiger partial charge in [0.1, 0.15) is 5.75 Å². The molecule has 2 aliphatic rings. The fraction of sp³-hybridized carbons (Fsp3) is 0.632. The highest BCUT2D eigenvalue weighted by Crippen LogP contribution is 2.57. The molecule has 21 heavy (non-hydrogen) atoms. The molecule has 114 valence electrons. The van der Waals surface area contributed by atoms with Crippen LogP contribution in [-0.4, -0.2) is 5.97 Å². The van der Waals surface area contributed by atoms with Crippen LogP contribution in [0.2, 0.25) is 0 Å². The molecule has 0 unspecified atom stereocenters. The Kier molecular flexibility index (Phi) is 3.38. The minimum atomic E-state index is -0.239. The van der Waals surface area contributed by atoms with Crippen LogP contribution in [0.25, 0.3) is 0 Å². The van der Waals surface area contributed by atoms with Gasteiger partial charge in [0, 0.05) is 6.92 Å². The van der Waals surface area contributed by atoms with Crippen molar-refractivity contribution in [3.05, 3.63) is 29.3 Å². The molecule has 1 fully saturated rings. The molecule has 0 saturated heterocycles. The molecule has 0 N–H and O–H groups in total. The van der Waals surface area contributed by atoms with Crippen molar-refractivity contribution < 1.29 is 9.53 Å². The van der Waals surface area contributed by atoms with Gasteiger partial charge in [-0.15, -0.1) is 0 Å².